The van der Waals surface area contributed by atoms with E-state index in [1.54, 1.807) is 18.2 Å². The van der Waals surface area contributed by atoms with Gasteiger partial charge in [-0.3, -0.25) is 9.59 Å². The fraction of sp³-hybridized carbons (Fsp3) is 0.273. The summed E-state index contributed by atoms with van der Waals surface area (Å²) in [5.74, 6) is -0.445. The minimum atomic E-state index is -0.483. The minimum Gasteiger partial charge on any atom is -0.497 e. The van der Waals surface area contributed by atoms with Crippen LogP contribution in [0.1, 0.15) is 5.56 Å². The molecule has 2 amide bonds. The van der Waals surface area contributed by atoms with Crippen molar-refractivity contribution >= 4 is 23.1 Å². The fourth-order valence-electron chi connectivity index (χ4n) is 3.63. The highest BCUT2D eigenvalue weighted by Crippen LogP contribution is 2.37. The van der Waals surface area contributed by atoms with E-state index in [1.807, 2.05) is 4.90 Å². The summed E-state index contributed by atoms with van der Waals surface area (Å²) in [7, 11) is 2.99. The van der Waals surface area contributed by atoms with Crippen molar-refractivity contribution in [2.24, 2.45) is 0 Å². The summed E-state index contributed by atoms with van der Waals surface area (Å²) in [5, 5.41) is 0. The van der Waals surface area contributed by atoms with Gasteiger partial charge in [0, 0.05) is 31.3 Å². The number of hydrogen-bond donors (Lipinski definition) is 0. The number of benzene rings is 2. The molecule has 2 aromatic rings. The monoisotopic (exact) mass is 412 g/mol. The van der Waals surface area contributed by atoms with E-state index in [4.69, 9.17) is 14.2 Å². The molecule has 7 nitrogen and oxygen atoms in total. The van der Waals surface area contributed by atoms with Gasteiger partial charge in [0.15, 0.2) is 0 Å². The Morgan fingerprint density at radius 1 is 0.900 bits per heavy atom. The average Bonchev–Trinajstić information content (AvgIpc) is 3.04. The first kappa shape index (κ1) is 19.9. The normalized spacial score (nSPS) is 17.0. The van der Waals surface area contributed by atoms with Crippen molar-refractivity contribution in [1.29, 1.82) is 0 Å². The van der Waals surface area contributed by atoms with Crippen molar-refractivity contribution < 1.29 is 28.2 Å². The van der Waals surface area contributed by atoms with Crippen molar-refractivity contribution in [3.8, 4) is 11.5 Å². The lowest BCUT2D eigenvalue weighted by Gasteiger charge is -2.29. The van der Waals surface area contributed by atoms with Gasteiger partial charge in [0.05, 0.1) is 38.7 Å². The molecule has 0 aromatic heterocycles. The third kappa shape index (κ3) is 3.50. The lowest BCUT2D eigenvalue weighted by atomic mass is 10.0. The number of amides is 2. The van der Waals surface area contributed by atoms with Gasteiger partial charge in [-0.2, -0.15) is 0 Å². The highest BCUT2D eigenvalue weighted by molar-refractivity contribution is 6.45. The van der Waals surface area contributed by atoms with Crippen molar-refractivity contribution in [2.75, 3.05) is 45.4 Å². The van der Waals surface area contributed by atoms with Crippen LogP contribution in [0.2, 0.25) is 0 Å². The number of hydrogen-bond acceptors (Lipinski definition) is 6. The second-order valence-corrected chi connectivity index (χ2v) is 6.85. The van der Waals surface area contributed by atoms with E-state index in [2.05, 4.69) is 0 Å². The predicted molar refractivity (Wildman–Crippen MR) is 108 cm³/mol. The van der Waals surface area contributed by atoms with E-state index < -0.39 is 17.6 Å². The molecule has 2 aromatic carbocycles. The molecule has 0 spiro atoms. The van der Waals surface area contributed by atoms with E-state index in [0.717, 1.165) is 4.90 Å². The first-order valence-electron chi connectivity index (χ1n) is 9.48. The van der Waals surface area contributed by atoms with Gasteiger partial charge in [0.2, 0.25) is 0 Å². The third-order valence-electron chi connectivity index (χ3n) is 5.11. The van der Waals surface area contributed by atoms with Crippen LogP contribution in [0.25, 0.3) is 5.57 Å². The van der Waals surface area contributed by atoms with E-state index in [1.165, 1.54) is 38.5 Å². The van der Waals surface area contributed by atoms with Gasteiger partial charge in [0.25, 0.3) is 11.8 Å². The van der Waals surface area contributed by atoms with Crippen molar-refractivity contribution in [1.82, 2.24) is 4.90 Å². The molecule has 30 heavy (non-hydrogen) atoms. The maximum absolute atomic E-state index is 13.5. The van der Waals surface area contributed by atoms with Crippen molar-refractivity contribution in [3.63, 3.8) is 0 Å². The molecule has 0 unspecified atom stereocenters. The van der Waals surface area contributed by atoms with Gasteiger partial charge >= 0.3 is 0 Å². The summed E-state index contributed by atoms with van der Waals surface area (Å²) in [6.07, 6.45) is 0. The topological polar surface area (TPSA) is 68.3 Å². The predicted octanol–water partition coefficient (Wildman–Crippen LogP) is 2.46. The van der Waals surface area contributed by atoms with Gasteiger partial charge in [-0.25, -0.2) is 9.29 Å². The smallest absolute Gasteiger partial charge is 0.282 e. The molecular weight excluding hydrogens is 391 g/mol. The number of anilines is 1. The Morgan fingerprint density at radius 3 is 2.07 bits per heavy atom. The summed E-state index contributed by atoms with van der Waals surface area (Å²) in [5.41, 5.74) is 1.35. The second-order valence-electron chi connectivity index (χ2n) is 6.85. The first-order valence-corrected chi connectivity index (χ1v) is 9.48. The SMILES string of the molecule is COc1cc(OC)cc(N2C(=O)C(c3ccc(F)cc3)=C(N3CCOCC3)C2=O)c1. The number of methoxy groups -OCH3 is 2. The first-order chi connectivity index (χ1) is 14.5. The van der Waals surface area contributed by atoms with Gasteiger partial charge in [-0.05, 0) is 17.7 Å². The third-order valence-corrected chi connectivity index (χ3v) is 5.11. The van der Waals surface area contributed by atoms with E-state index in [0.29, 0.717) is 49.1 Å². The molecule has 0 aliphatic carbocycles. The molecule has 2 aliphatic rings. The zero-order valence-electron chi connectivity index (χ0n) is 16.7. The molecule has 8 heteroatoms. The van der Waals surface area contributed by atoms with Gasteiger partial charge in [-0.15, -0.1) is 0 Å². The molecule has 156 valence electrons. The summed E-state index contributed by atoms with van der Waals surface area (Å²) in [6.45, 7) is 1.87. The van der Waals surface area contributed by atoms with Crippen LogP contribution in [0.15, 0.2) is 48.2 Å². The van der Waals surface area contributed by atoms with Crippen LogP contribution in [-0.4, -0.2) is 57.2 Å². The molecule has 0 atom stereocenters. The molecular formula is C22H21FN2O5. The number of imide groups is 1. The van der Waals surface area contributed by atoms with Crippen molar-refractivity contribution in [2.45, 2.75) is 0 Å². The number of rotatable bonds is 5. The lowest BCUT2D eigenvalue weighted by Crippen LogP contribution is -2.40. The Labute approximate surface area is 173 Å². The van der Waals surface area contributed by atoms with Crippen LogP contribution >= 0.6 is 0 Å². The summed E-state index contributed by atoms with van der Waals surface area (Å²) in [6, 6.07) is 10.4. The molecule has 0 radical (unpaired) electrons. The van der Waals surface area contributed by atoms with Gasteiger partial charge in [-0.1, -0.05) is 12.1 Å². The second kappa shape index (κ2) is 8.16. The standard InChI is InChI=1S/C22H21FN2O5/c1-28-17-11-16(12-18(13-17)29-2)25-21(26)19(14-3-5-15(23)6-4-14)20(22(25)27)24-7-9-30-10-8-24/h3-6,11-13H,7-10H2,1-2H3. The number of ether oxygens (including phenoxy) is 3. The maximum Gasteiger partial charge on any atom is 0.282 e. The highest BCUT2D eigenvalue weighted by atomic mass is 19.1. The Hall–Kier alpha value is -3.39. The Morgan fingerprint density at radius 2 is 1.50 bits per heavy atom. The summed E-state index contributed by atoms with van der Waals surface area (Å²) >= 11 is 0. The largest absolute Gasteiger partial charge is 0.497 e. The lowest BCUT2D eigenvalue weighted by molar-refractivity contribution is -0.121. The number of carbonyl (C=O) groups is 2. The van der Waals surface area contributed by atoms with Crippen LogP contribution < -0.4 is 14.4 Å². The van der Waals surface area contributed by atoms with Crippen molar-refractivity contribution in [3.05, 3.63) is 59.5 Å². The zero-order valence-corrected chi connectivity index (χ0v) is 16.7. The highest BCUT2D eigenvalue weighted by Gasteiger charge is 2.43. The number of halogens is 1. The number of nitrogens with zero attached hydrogens (tertiary/aromatic N) is 2. The maximum atomic E-state index is 13.5. The van der Waals surface area contributed by atoms with Crippen LogP contribution in [0, 0.1) is 5.82 Å². The fourth-order valence-corrected chi connectivity index (χ4v) is 3.63. The van der Waals surface area contributed by atoms with Crippen LogP contribution in [0.4, 0.5) is 10.1 Å². The van der Waals surface area contributed by atoms with Crippen LogP contribution in [-0.2, 0) is 14.3 Å². The molecule has 4 rings (SSSR count). The van der Waals surface area contributed by atoms with Crippen LogP contribution in [0.5, 0.6) is 11.5 Å². The molecule has 1 fully saturated rings. The molecule has 2 heterocycles. The number of carbonyl (C=O) groups excluding carboxylic acids is 2. The molecule has 0 N–H and O–H groups in total. The molecule has 2 aliphatic heterocycles. The average molecular weight is 412 g/mol. The molecule has 0 saturated carbocycles. The number of morpholine rings is 1. The van der Waals surface area contributed by atoms with Gasteiger partial charge in [0.1, 0.15) is 23.0 Å². The van der Waals surface area contributed by atoms with Gasteiger partial charge < -0.3 is 19.1 Å². The van der Waals surface area contributed by atoms with E-state index >= 15 is 0 Å². The molecule has 1 saturated heterocycles. The zero-order chi connectivity index (χ0) is 21.3. The van der Waals surface area contributed by atoms with E-state index in [-0.39, 0.29) is 11.3 Å². The summed E-state index contributed by atoms with van der Waals surface area (Å²) in [4.78, 5) is 29.9. The Bertz CT molecular complexity index is 990. The summed E-state index contributed by atoms with van der Waals surface area (Å²) < 4.78 is 29.4. The minimum absolute atomic E-state index is 0.240. The van der Waals surface area contributed by atoms with E-state index in [9.17, 15) is 14.0 Å². The van der Waals surface area contributed by atoms with Crippen LogP contribution in [0.3, 0.4) is 0 Å². The molecule has 0 bridgehead atoms. The quantitative estimate of drug-likeness (QED) is 0.703. The Balaban J connectivity index is 1.83. The Kier molecular flexibility index (Phi) is 5.41.